The van der Waals surface area contributed by atoms with Gasteiger partial charge in [-0.2, -0.15) is 0 Å². The number of aliphatic carboxylic acids is 1. The summed E-state index contributed by atoms with van der Waals surface area (Å²) in [5.41, 5.74) is 2.53. The summed E-state index contributed by atoms with van der Waals surface area (Å²) in [5.74, 6) is -0.574. The van der Waals surface area contributed by atoms with Crippen molar-refractivity contribution in [1.82, 2.24) is 9.88 Å². The van der Waals surface area contributed by atoms with Crippen LogP contribution in [0.1, 0.15) is 37.3 Å². The number of hydrogen-bond donors (Lipinski definition) is 2. The number of urea groups is 1. The molecule has 0 bridgehead atoms. The summed E-state index contributed by atoms with van der Waals surface area (Å²) in [6.07, 6.45) is 6.93. The Bertz CT molecular complexity index is 617. The molecule has 0 saturated carbocycles. The molecule has 3 rings (SSSR count). The van der Waals surface area contributed by atoms with E-state index in [2.05, 4.69) is 10.3 Å². The molecule has 6 heteroatoms. The first kappa shape index (κ1) is 15.8. The number of carbonyl (C=O) groups excluding carboxylic acids is 1. The second-order valence-electron chi connectivity index (χ2n) is 6.76. The van der Waals surface area contributed by atoms with E-state index in [1.54, 1.807) is 4.90 Å². The number of aromatic nitrogens is 1. The summed E-state index contributed by atoms with van der Waals surface area (Å²) in [5, 5.41) is 12.0. The van der Waals surface area contributed by atoms with E-state index in [0.717, 1.165) is 12.8 Å². The first-order valence-electron chi connectivity index (χ1n) is 8.29. The van der Waals surface area contributed by atoms with Crippen LogP contribution in [0.5, 0.6) is 0 Å². The van der Waals surface area contributed by atoms with Crippen LogP contribution in [-0.4, -0.2) is 40.1 Å². The molecule has 1 aliphatic carbocycles. The number of carboxylic acids is 1. The van der Waals surface area contributed by atoms with Gasteiger partial charge in [-0.15, -0.1) is 0 Å². The highest BCUT2D eigenvalue weighted by Crippen LogP contribution is 2.24. The zero-order valence-corrected chi connectivity index (χ0v) is 13.4. The van der Waals surface area contributed by atoms with E-state index in [1.807, 2.05) is 19.2 Å². The molecule has 2 atom stereocenters. The number of fused-ring (bicyclic) bond motifs is 1. The van der Waals surface area contributed by atoms with E-state index >= 15 is 0 Å². The quantitative estimate of drug-likeness (QED) is 0.878. The third-order valence-electron chi connectivity index (χ3n) is 4.76. The summed E-state index contributed by atoms with van der Waals surface area (Å²) in [6.45, 7) is 2.82. The van der Waals surface area contributed by atoms with Crippen molar-refractivity contribution in [3.63, 3.8) is 0 Å². The van der Waals surface area contributed by atoms with Gasteiger partial charge in [0.05, 0.1) is 5.92 Å². The Hall–Kier alpha value is -2.11. The molecule has 2 aliphatic rings. The molecule has 23 heavy (non-hydrogen) atoms. The predicted molar refractivity (Wildman–Crippen MR) is 86.4 cm³/mol. The Morgan fingerprint density at radius 2 is 2.00 bits per heavy atom. The van der Waals surface area contributed by atoms with Crippen LogP contribution < -0.4 is 5.32 Å². The van der Waals surface area contributed by atoms with Gasteiger partial charge in [0.1, 0.15) is 5.82 Å². The van der Waals surface area contributed by atoms with Crippen molar-refractivity contribution < 1.29 is 14.7 Å². The largest absolute Gasteiger partial charge is 0.481 e. The van der Waals surface area contributed by atoms with Crippen LogP contribution in [-0.2, 0) is 17.6 Å². The van der Waals surface area contributed by atoms with Crippen LogP contribution in [0.25, 0.3) is 0 Å². The molecule has 0 radical (unpaired) electrons. The molecule has 0 spiro atoms. The Morgan fingerprint density at radius 1 is 1.26 bits per heavy atom. The zero-order valence-electron chi connectivity index (χ0n) is 13.4. The van der Waals surface area contributed by atoms with Crippen LogP contribution in [0.4, 0.5) is 10.6 Å². The molecule has 0 aromatic carbocycles. The lowest BCUT2D eigenvalue weighted by atomic mass is 9.91. The number of nitrogens with zero attached hydrogens (tertiary/aromatic N) is 2. The number of pyridine rings is 1. The maximum Gasteiger partial charge on any atom is 0.323 e. The number of rotatable bonds is 2. The van der Waals surface area contributed by atoms with Gasteiger partial charge < -0.3 is 10.0 Å². The summed E-state index contributed by atoms with van der Waals surface area (Å²) in [4.78, 5) is 29.6. The normalized spacial score (nSPS) is 24.0. The first-order chi connectivity index (χ1) is 11.0. The Kier molecular flexibility index (Phi) is 4.50. The predicted octanol–water partition coefficient (Wildman–Crippen LogP) is 2.53. The second kappa shape index (κ2) is 6.56. The topological polar surface area (TPSA) is 82.5 Å². The number of piperidine rings is 1. The molecule has 6 nitrogen and oxygen atoms in total. The third-order valence-corrected chi connectivity index (χ3v) is 4.76. The fourth-order valence-electron chi connectivity index (χ4n) is 3.57. The average molecular weight is 317 g/mol. The minimum Gasteiger partial charge on any atom is -0.481 e. The van der Waals surface area contributed by atoms with Crippen molar-refractivity contribution >= 4 is 17.8 Å². The lowest BCUT2D eigenvalue weighted by Crippen LogP contribution is -2.47. The average Bonchev–Trinajstić information content (AvgIpc) is 2.54. The molecule has 1 aromatic heterocycles. The van der Waals surface area contributed by atoms with E-state index in [9.17, 15) is 14.7 Å². The van der Waals surface area contributed by atoms with Crippen LogP contribution in [0.15, 0.2) is 12.3 Å². The van der Waals surface area contributed by atoms with E-state index in [-0.39, 0.29) is 18.5 Å². The van der Waals surface area contributed by atoms with Crippen LogP contribution in [0.2, 0.25) is 0 Å². The number of amides is 2. The molecule has 1 aliphatic heterocycles. The van der Waals surface area contributed by atoms with Gasteiger partial charge in [-0.05, 0) is 55.2 Å². The standard InChI is InChI=1S/C17H23N3O3/c1-11-6-14(16(21)22)10-20(9-11)17(23)19-15-7-12-4-2-3-5-13(12)8-18-15/h7-8,11,14H,2-6,9-10H2,1H3,(H,21,22)(H,18,19,23). The first-order valence-corrected chi connectivity index (χ1v) is 8.29. The fourth-order valence-corrected chi connectivity index (χ4v) is 3.57. The highest BCUT2D eigenvalue weighted by atomic mass is 16.4. The summed E-state index contributed by atoms with van der Waals surface area (Å²) in [6, 6.07) is 1.69. The van der Waals surface area contributed by atoms with E-state index < -0.39 is 11.9 Å². The van der Waals surface area contributed by atoms with Gasteiger partial charge in [-0.3, -0.25) is 10.1 Å². The monoisotopic (exact) mass is 317 g/mol. The minimum atomic E-state index is -0.832. The van der Waals surface area contributed by atoms with Gasteiger partial charge in [0, 0.05) is 19.3 Å². The van der Waals surface area contributed by atoms with E-state index in [4.69, 9.17) is 0 Å². The smallest absolute Gasteiger partial charge is 0.323 e. The van der Waals surface area contributed by atoms with E-state index in [0.29, 0.717) is 18.8 Å². The molecular weight excluding hydrogens is 294 g/mol. The number of anilines is 1. The van der Waals surface area contributed by atoms with Crippen molar-refractivity contribution in [2.75, 3.05) is 18.4 Å². The zero-order chi connectivity index (χ0) is 16.4. The van der Waals surface area contributed by atoms with Crippen molar-refractivity contribution in [1.29, 1.82) is 0 Å². The summed E-state index contributed by atoms with van der Waals surface area (Å²) in [7, 11) is 0. The molecule has 2 N–H and O–H groups in total. The number of likely N-dealkylation sites (tertiary alicyclic amines) is 1. The molecule has 2 unspecified atom stereocenters. The van der Waals surface area contributed by atoms with Gasteiger partial charge in [0.2, 0.25) is 0 Å². The lowest BCUT2D eigenvalue weighted by Gasteiger charge is -2.34. The Balaban J connectivity index is 1.67. The van der Waals surface area contributed by atoms with Gasteiger partial charge in [0.25, 0.3) is 0 Å². The summed E-state index contributed by atoms with van der Waals surface area (Å²) < 4.78 is 0. The van der Waals surface area contributed by atoms with Gasteiger partial charge >= 0.3 is 12.0 Å². The molecule has 124 valence electrons. The number of carbonyl (C=O) groups is 2. The van der Waals surface area contributed by atoms with Gasteiger partial charge in [-0.1, -0.05) is 6.92 Å². The number of hydrogen-bond acceptors (Lipinski definition) is 3. The van der Waals surface area contributed by atoms with E-state index in [1.165, 1.54) is 24.0 Å². The number of aryl methyl sites for hydroxylation is 2. The molecule has 2 heterocycles. The van der Waals surface area contributed by atoms with Crippen molar-refractivity contribution in [2.24, 2.45) is 11.8 Å². The number of nitrogens with one attached hydrogen (secondary N) is 1. The van der Waals surface area contributed by atoms with Crippen molar-refractivity contribution in [2.45, 2.75) is 39.0 Å². The second-order valence-corrected chi connectivity index (χ2v) is 6.76. The van der Waals surface area contributed by atoms with Crippen LogP contribution in [0, 0.1) is 11.8 Å². The van der Waals surface area contributed by atoms with Crippen LogP contribution >= 0.6 is 0 Å². The SMILES string of the molecule is CC1CC(C(=O)O)CN(C(=O)Nc2cc3c(cn2)CCCC3)C1. The minimum absolute atomic E-state index is 0.187. The highest BCUT2D eigenvalue weighted by molar-refractivity contribution is 5.89. The fraction of sp³-hybridized carbons (Fsp3) is 0.588. The van der Waals surface area contributed by atoms with Gasteiger partial charge in [0.15, 0.2) is 0 Å². The van der Waals surface area contributed by atoms with Crippen LogP contribution in [0.3, 0.4) is 0 Å². The molecule has 1 fully saturated rings. The molecule has 1 saturated heterocycles. The van der Waals surface area contributed by atoms with Crippen molar-refractivity contribution in [3.05, 3.63) is 23.4 Å². The molecular formula is C17H23N3O3. The Morgan fingerprint density at radius 3 is 2.74 bits per heavy atom. The third kappa shape index (κ3) is 3.63. The van der Waals surface area contributed by atoms with Crippen molar-refractivity contribution in [3.8, 4) is 0 Å². The maximum absolute atomic E-state index is 12.4. The molecule has 2 amide bonds. The lowest BCUT2D eigenvalue weighted by molar-refractivity contribution is -0.143. The molecule has 1 aromatic rings. The summed E-state index contributed by atoms with van der Waals surface area (Å²) >= 11 is 0. The maximum atomic E-state index is 12.4. The number of carboxylic acid groups (broad SMARTS) is 1. The van der Waals surface area contributed by atoms with Gasteiger partial charge in [-0.25, -0.2) is 9.78 Å². The highest BCUT2D eigenvalue weighted by Gasteiger charge is 2.32. The Labute approximate surface area is 135 Å².